The van der Waals surface area contributed by atoms with E-state index in [9.17, 15) is 9.90 Å². The number of methoxy groups -OCH3 is 1. The van der Waals surface area contributed by atoms with Crippen molar-refractivity contribution in [2.24, 2.45) is 5.92 Å². The highest BCUT2D eigenvalue weighted by Gasteiger charge is 2.51. The first-order chi connectivity index (χ1) is 16.7. The minimum absolute atomic E-state index is 0.203. The maximum atomic E-state index is 12.2. The van der Waals surface area contributed by atoms with Gasteiger partial charge in [0, 0.05) is 12.5 Å². The lowest BCUT2D eigenvalue weighted by Crippen LogP contribution is -2.67. The smallest absolute Gasteiger partial charge is 0.335 e. The zero-order chi connectivity index (χ0) is 25.5. The van der Waals surface area contributed by atoms with E-state index in [1.54, 1.807) is 6.92 Å². The van der Waals surface area contributed by atoms with Gasteiger partial charge in [-0.2, -0.15) is 0 Å². The topological polar surface area (TPSA) is 74.2 Å². The molecule has 1 aliphatic rings. The number of aliphatic hydroxyl groups excluding tert-OH is 1. The Bertz CT molecular complexity index is 869. The van der Waals surface area contributed by atoms with Crippen LogP contribution in [0.4, 0.5) is 0 Å². The van der Waals surface area contributed by atoms with Gasteiger partial charge in [-0.15, -0.1) is 0 Å². The Hall–Kier alpha value is -2.03. The summed E-state index contributed by atoms with van der Waals surface area (Å²) in [7, 11) is -1.54. The number of ether oxygens (including phenoxy) is 3. The van der Waals surface area contributed by atoms with Crippen molar-refractivity contribution in [3.05, 3.63) is 60.7 Å². The summed E-state index contributed by atoms with van der Waals surface area (Å²) in [5.74, 6) is -1.23. The first kappa shape index (κ1) is 27.6. The summed E-state index contributed by atoms with van der Waals surface area (Å²) in [6.45, 7) is 9.29. The van der Waals surface area contributed by atoms with Gasteiger partial charge in [-0.25, -0.2) is 4.79 Å². The summed E-state index contributed by atoms with van der Waals surface area (Å²) < 4.78 is 24.0. The maximum Gasteiger partial charge on any atom is 0.335 e. The predicted molar refractivity (Wildman–Crippen MR) is 139 cm³/mol. The third-order valence-electron chi connectivity index (χ3n) is 6.87. The molecule has 2 aromatic carbocycles. The molecule has 0 aromatic heterocycles. The molecule has 0 spiro atoms. The molecule has 4 atom stereocenters. The molecule has 0 aliphatic carbocycles. The molecule has 2 aromatic rings. The molecule has 0 radical (unpaired) electrons. The fourth-order valence-corrected chi connectivity index (χ4v) is 9.41. The molecule has 1 N–H and O–H groups in total. The fourth-order valence-electron chi connectivity index (χ4n) is 4.84. The summed E-state index contributed by atoms with van der Waals surface area (Å²) in [6.07, 6.45) is 0.523. The number of esters is 1. The molecule has 7 heteroatoms. The monoisotopic (exact) mass is 500 g/mol. The zero-order valence-electron chi connectivity index (χ0n) is 21.6. The van der Waals surface area contributed by atoms with Crippen molar-refractivity contribution in [2.75, 3.05) is 20.3 Å². The molecule has 2 unspecified atom stereocenters. The van der Waals surface area contributed by atoms with Crippen LogP contribution in [-0.2, 0) is 23.4 Å². The second kappa shape index (κ2) is 12.3. The van der Waals surface area contributed by atoms with Crippen molar-refractivity contribution < 1.29 is 28.5 Å². The lowest BCUT2D eigenvalue weighted by atomic mass is 9.98. The Balaban J connectivity index is 1.99. The summed E-state index contributed by atoms with van der Waals surface area (Å²) >= 11 is 0. The molecule has 35 heavy (non-hydrogen) atoms. The normalized spacial score (nSPS) is 19.5. The predicted octanol–water partition coefficient (Wildman–Crippen LogP) is 3.64. The first-order valence-electron chi connectivity index (χ1n) is 12.5. The first-order valence-corrected chi connectivity index (χ1v) is 14.4. The molecular weight excluding hydrogens is 460 g/mol. The van der Waals surface area contributed by atoms with Crippen molar-refractivity contribution in [3.8, 4) is 0 Å². The van der Waals surface area contributed by atoms with E-state index in [1.165, 1.54) is 7.11 Å². The molecule has 6 nitrogen and oxygen atoms in total. The van der Waals surface area contributed by atoms with Gasteiger partial charge < -0.3 is 23.7 Å². The van der Waals surface area contributed by atoms with Crippen molar-refractivity contribution in [3.63, 3.8) is 0 Å². The molecule has 0 saturated carbocycles. The number of rotatable bonds is 10. The van der Waals surface area contributed by atoms with Gasteiger partial charge >= 0.3 is 5.97 Å². The van der Waals surface area contributed by atoms with Crippen molar-refractivity contribution in [1.82, 2.24) is 0 Å². The molecule has 1 aliphatic heterocycles. The maximum absolute atomic E-state index is 12.2. The van der Waals surface area contributed by atoms with Crippen LogP contribution in [0.25, 0.3) is 0 Å². The van der Waals surface area contributed by atoms with Crippen LogP contribution >= 0.6 is 0 Å². The second-order valence-corrected chi connectivity index (χ2v) is 14.6. The number of hydrogen-bond donors (Lipinski definition) is 1. The minimum atomic E-state index is -2.81. The third-order valence-corrected chi connectivity index (χ3v) is 11.9. The quantitative estimate of drug-likeness (QED) is 0.397. The van der Waals surface area contributed by atoms with E-state index in [0.717, 1.165) is 29.6 Å². The van der Waals surface area contributed by atoms with Crippen LogP contribution in [0.5, 0.6) is 0 Å². The second-order valence-electron chi connectivity index (χ2n) is 10.3. The Morgan fingerprint density at radius 3 is 2.09 bits per heavy atom. The zero-order valence-corrected chi connectivity index (χ0v) is 22.6. The highest BCUT2D eigenvalue weighted by atomic mass is 28.4. The number of carbonyl (C=O) groups is 1. The lowest BCUT2D eigenvalue weighted by molar-refractivity contribution is -0.212. The van der Waals surface area contributed by atoms with Crippen molar-refractivity contribution >= 4 is 24.7 Å². The van der Waals surface area contributed by atoms with Crippen LogP contribution in [-0.4, -0.2) is 58.2 Å². The van der Waals surface area contributed by atoms with E-state index in [2.05, 4.69) is 45.0 Å². The standard InChI is InChI=1S/C28H40O6Si/c1-21(26(29)27(30)31-5)24(34-25-18-12-13-19-32-25)20-33-35(28(2,3)4,22-14-8-6-9-15-22)23-16-10-7-11-17-23/h6-11,14-17,21,24-26,29H,12-13,18-20H2,1-5H3/t21-,24+,25?,26?/m1/s1. The average molecular weight is 501 g/mol. The molecule has 0 amide bonds. The Labute approximate surface area is 210 Å². The summed E-state index contributed by atoms with van der Waals surface area (Å²) in [5, 5.41) is 12.8. The highest BCUT2D eigenvalue weighted by molar-refractivity contribution is 6.99. The van der Waals surface area contributed by atoms with E-state index in [0.29, 0.717) is 6.61 Å². The number of aliphatic hydroxyl groups is 1. The number of benzene rings is 2. The highest BCUT2D eigenvalue weighted by Crippen LogP contribution is 2.37. The summed E-state index contributed by atoms with van der Waals surface area (Å²) in [6, 6.07) is 20.7. The molecule has 192 valence electrons. The van der Waals surface area contributed by atoms with Crippen LogP contribution < -0.4 is 10.4 Å². The third kappa shape index (κ3) is 6.40. The van der Waals surface area contributed by atoms with Crippen LogP contribution in [0, 0.1) is 5.92 Å². The van der Waals surface area contributed by atoms with E-state index in [1.807, 2.05) is 36.4 Å². The molecule has 1 saturated heterocycles. The number of hydrogen-bond acceptors (Lipinski definition) is 6. The SMILES string of the molecule is COC(=O)C(O)[C@H](C)[C@H](CO[Si](c1ccccc1)(c1ccccc1)C(C)(C)C)OC1CCCCO1. The molecule has 1 fully saturated rings. The molecular formula is C28H40O6Si. The van der Waals surface area contributed by atoms with Gasteiger partial charge in [-0.1, -0.05) is 88.4 Å². The number of carbonyl (C=O) groups excluding carboxylic acids is 1. The molecule has 0 bridgehead atoms. The van der Waals surface area contributed by atoms with Crippen LogP contribution in [0.3, 0.4) is 0 Å². The van der Waals surface area contributed by atoms with Crippen LogP contribution in [0.2, 0.25) is 5.04 Å². The van der Waals surface area contributed by atoms with Gasteiger partial charge in [0.2, 0.25) is 0 Å². The largest absolute Gasteiger partial charge is 0.467 e. The van der Waals surface area contributed by atoms with Gasteiger partial charge in [0.1, 0.15) is 0 Å². The summed E-state index contributed by atoms with van der Waals surface area (Å²) in [5.41, 5.74) is 0. The van der Waals surface area contributed by atoms with Crippen LogP contribution in [0.1, 0.15) is 47.0 Å². The van der Waals surface area contributed by atoms with Crippen molar-refractivity contribution in [1.29, 1.82) is 0 Å². The van der Waals surface area contributed by atoms with Gasteiger partial charge in [0.15, 0.2) is 12.4 Å². The lowest BCUT2D eigenvalue weighted by Gasteiger charge is -2.44. The van der Waals surface area contributed by atoms with Crippen LogP contribution in [0.15, 0.2) is 60.7 Å². The van der Waals surface area contributed by atoms with Crippen molar-refractivity contribution in [2.45, 2.75) is 70.5 Å². The Kier molecular flexibility index (Phi) is 9.67. The minimum Gasteiger partial charge on any atom is -0.467 e. The van der Waals surface area contributed by atoms with E-state index in [-0.39, 0.29) is 17.9 Å². The van der Waals surface area contributed by atoms with Gasteiger partial charge in [-0.05, 0) is 34.7 Å². The van der Waals surface area contributed by atoms with E-state index in [4.69, 9.17) is 18.6 Å². The Morgan fingerprint density at radius 2 is 1.63 bits per heavy atom. The Morgan fingerprint density at radius 1 is 1.06 bits per heavy atom. The summed E-state index contributed by atoms with van der Waals surface area (Å²) in [4.78, 5) is 12.2. The van der Waals surface area contributed by atoms with Gasteiger partial charge in [-0.3, -0.25) is 0 Å². The molecule has 1 heterocycles. The van der Waals surface area contributed by atoms with Gasteiger partial charge in [0.25, 0.3) is 8.32 Å². The van der Waals surface area contributed by atoms with Gasteiger partial charge in [0.05, 0.1) is 19.8 Å². The van der Waals surface area contributed by atoms with E-state index < -0.39 is 32.4 Å². The molecule has 3 rings (SSSR count). The fraction of sp³-hybridized carbons (Fsp3) is 0.536. The average Bonchev–Trinajstić information content (AvgIpc) is 2.88. The van der Waals surface area contributed by atoms with E-state index >= 15 is 0 Å².